The van der Waals surface area contributed by atoms with Crippen molar-refractivity contribution >= 4 is 28.4 Å². The van der Waals surface area contributed by atoms with Crippen molar-refractivity contribution in [3.8, 4) is 0 Å². The number of nitrogens with zero attached hydrogens (tertiary/aromatic N) is 3. The van der Waals surface area contributed by atoms with E-state index >= 15 is 0 Å². The van der Waals surface area contributed by atoms with E-state index in [1.165, 1.54) is 25.9 Å². The van der Waals surface area contributed by atoms with Gasteiger partial charge in [-0.1, -0.05) is 11.6 Å². The summed E-state index contributed by atoms with van der Waals surface area (Å²) in [5.41, 5.74) is 1.81. The number of aromatic nitrogens is 1. The summed E-state index contributed by atoms with van der Waals surface area (Å²) in [6, 6.07) is 6.22. The van der Waals surface area contributed by atoms with Crippen LogP contribution >= 0.6 is 11.6 Å². The molecule has 6 rings (SSSR count). The molecule has 3 saturated heterocycles. The van der Waals surface area contributed by atoms with E-state index in [1.54, 1.807) is 0 Å². The summed E-state index contributed by atoms with van der Waals surface area (Å²) in [5.74, 6) is 0.824. The van der Waals surface area contributed by atoms with E-state index in [4.69, 9.17) is 11.6 Å². The van der Waals surface area contributed by atoms with Gasteiger partial charge in [0.15, 0.2) is 0 Å². The van der Waals surface area contributed by atoms with Crippen LogP contribution in [-0.4, -0.2) is 52.5 Å². The smallest absolute Gasteiger partial charge is 0.256 e. The van der Waals surface area contributed by atoms with Crippen LogP contribution in [-0.2, 0) is 6.54 Å². The number of hydrogen-bond acceptors (Lipinski definition) is 2. The van der Waals surface area contributed by atoms with E-state index in [9.17, 15) is 4.79 Å². The Bertz CT molecular complexity index is 791. The molecule has 1 atom stereocenters. The molecule has 2 bridgehead atoms. The standard InChI is InChI=1S/C18H20ClN3O/c19-14-9-13-3-6-21-7-8-22(18(23)15(10-14)17(13)21)16-11-20-4-1-12(16)2-5-20/h3,6,9-10,12,16H,1-2,4-5,7-8,11H2. The zero-order chi connectivity index (χ0) is 15.6. The highest BCUT2D eigenvalue weighted by Gasteiger charge is 2.40. The predicted octanol–water partition coefficient (Wildman–Crippen LogP) is 2.84. The minimum Gasteiger partial charge on any atom is -0.345 e. The molecule has 5 heterocycles. The highest BCUT2D eigenvalue weighted by atomic mass is 35.5. The molecule has 0 saturated carbocycles. The Hall–Kier alpha value is -1.52. The number of rotatable bonds is 1. The summed E-state index contributed by atoms with van der Waals surface area (Å²) in [7, 11) is 0. The molecule has 3 fully saturated rings. The van der Waals surface area contributed by atoms with Gasteiger partial charge in [0, 0.05) is 42.3 Å². The van der Waals surface area contributed by atoms with Crippen LogP contribution in [0.1, 0.15) is 23.2 Å². The van der Waals surface area contributed by atoms with Gasteiger partial charge in [0.05, 0.1) is 11.1 Å². The second-order valence-electron chi connectivity index (χ2n) is 7.10. The summed E-state index contributed by atoms with van der Waals surface area (Å²) >= 11 is 6.26. The van der Waals surface area contributed by atoms with Gasteiger partial charge in [-0.2, -0.15) is 0 Å². The monoisotopic (exact) mass is 329 g/mol. The Kier molecular flexibility index (Phi) is 3.01. The predicted molar refractivity (Wildman–Crippen MR) is 90.9 cm³/mol. The highest BCUT2D eigenvalue weighted by molar-refractivity contribution is 6.32. The van der Waals surface area contributed by atoms with Gasteiger partial charge >= 0.3 is 0 Å². The Morgan fingerprint density at radius 3 is 2.65 bits per heavy atom. The van der Waals surface area contributed by atoms with Crippen LogP contribution in [0, 0.1) is 5.92 Å². The van der Waals surface area contributed by atoms with Crippen LogP contribution in [0.3, 0.4) is 0 Å². The fourth-order valence-corrected chi connectivity index (χ4v) is 4.96. The van der Waals surface area contributed by atoms with Crippen molar-refractivity contribution in [3.05, 3.63) is 35.0 Å². The normalized spacial score (nSPS) is 30.0. The van der Waals surface area contributed by atoms with Crippen LogP contribution < -0.4 is 0 Å². The fourth-order valence-electron chi connectivity index (χ4n) is 4.74. The molecule has 1 aromatic heterocycles. The Morgan fingerprint density at radius 1 is 1.09 bits per heavy atom. The van der Waals surface area contributed by atoms with Gasteiger partial charge < -0.3 is 14.4 Å². The second kappa shape index (κ2) is 4.99. The van der Waals surface area contributed by atoms with Crippen molar-refractivity contribution in [2.75, 3.05) is 26.2 Å². The lowest BCUT2D eigenvalue weighted by atomic mass is 9.83. The third-order valence-electron chi connectivity index (χ3n) is 5.92. The molecule has 0 aliphatic carbocycles. The molecule has 4 aliphatic heterocycles. The molecular weight excluding hydrogens is 310 g/mol. The molecule has 5 heteroatoms. The topological polar surface area (TPSA) is 28.5 Å². The average molecular weight is 330 g/mol. The van der Waals surface area contributed by atoms with E-state index < -0.39 is 0 Å². The molecule has 120 valence electrons. The van der Waals surface area contributed by atoms with Crippen molar-refractivity contribution in [1.82, 2.24) is 14.4 Å². The van der Waals surface area contributed by atoms with Gasteiger partial charge in [-0.15, -0.1) is 0 Å². The third-order valence-corrected chi connectivity index (χ3v) is 6.14. The maximum Gasteiger partial charge on any atom is 0.256 e. The molecule has 2 aromatic rings. The molecule has 0 N–H and O–H groups in total. The third kappa shape index (κ3) is 2.05. The number of halogens is 1. The van der Waals surface area contributed by atoms with Gasteiger partial charge in [-0.05, 0) is 50.0 Å². The molecule has 4 nitrogen and oxygen atoms in total. The molecular formula is C18H20ClN3O. The van der Waals surface area contributed by atoms with Gasteiger partial charge in [0.25, 0.3) is 5.91 Å². The first-order valence-corrected chi connectivity index (χ1v) is 8.90. The lowest BCUT2D eigenvalue weighted by molar-refractivity contribution is 0.00727. The van der Waals surface area contributed by atoms with E-state index in [0.29, 0.717) is 17.0 Å². The maximum absolute atomic E-state index is 13.3. The van der Waals surface area contributed by atoms with Crippen molar-refractivity contribution in [2.45, 2.75) is 25.4 Å². The van der Waals surface area contributed by atoms with Crippen LogP contribution in [0.2, 0.25) is 5.02 Å². The first kappa shape index (κ1) is 13.9. The number of carbonyl (C=O) groups is 1. The minimum atomic E-state index is 0.161. The van der Waals surface area contributed by atoms with Crippen molar-refractivity contribution in [2.24, 2.45) is 5.92 Å². The number of piperidine rings is 3. The Balaban J connectivity index is 1.58. The SMILES string of the molecule is O=C1c2cc(Cl)cc3ccn(c23)CCN1C1CN2CCC1CC2. The van der Waals surface area contributed by atoms with Gasteiger partial charge in [-0.3, -0.25) is 4.79 Å². The molecule has 1 unspecified atom stereocenters. The Morgan fingerprint density at radius 2 is 1.91 bits per heavy atom. The van der Waals surface area contributed by atoms with Crippen LogP contribution in [0.5, 0.6) is 0 Å². The summed E-state index contributed by atoms with van der Waals surface area (Å²) < 4.78 is 2.21. The van der Waals surface area contributed by atoms with E-state index in [1.807, 2.05) is 12.1 Å². The fraction of sp³-hybridized carbons (Fsp3) is 0.500. The second-order valence-corrected chi connectivity index (χ2v) is 7.54. The first-order chi connectivity index (χ1) is 11.2. The molecule has 1 amide bonds. The van der Waals surface area contributed by atoms with Crippen LogP contribution in [0.4, 0.5) is 0 Å². The highest BCUT2D eigenvalue weighted by Crippen LogP contribution is 2.34. The van der Waals surface area contributed by atoms with Gasteiger partial charge in [0.1, 0.15) is 0 Å². The molecule has 23 heavy (non-hydrogen) atoms. The molecule has 0 radical (unpaired) electrons. The first-order valence-electron chi connectivity index (χ1n) is 8.52. The van der Waals surface area contributed by atoms with Gasteiger partial charge in [0.2, 0.25) is 0 Å². The van der Waals surface area contributed by atoms with Crippen molar-refractivity contribution < 1.29 is 4.79 Å². The number of benzene rings is 1. The number of hydrogen-bond donors (Lipinski definition) is 0. The van der Waals surface area contributed by atoms with E-state index in [-0.39, 0.29) is 5.91 Å². The van der Waals surface area contributed by atoms with E-state index in [2.05, 4.69) is 26.6 Å². The lowest BCUT2D eigenvalue weighted by Gasteiger charge is -2.48. The zero-order valence-corrected chi connectivity index (χ0v) is 13.8. The minimum absolute atomic E-state index is 0.161. The quantitative estimate of drug-likeness (QED) is 0.805. The summed E-state index contributed by atoms with van der Waals surface area (Å²) in [6.45, 7) is 5.10. The lowest BCUT2D eigenvalue weighted by Crippen LogP contribution is -2.58. The summed E-state index contributed by atoms with van der Waals surface area (Å²) in [4.78, 5) is 17.9. The van der Waals surface area contributed by atoms with Crippen molar-refractivity contribution in [3.63, 3.8) is 0 Å². The zero-order valence-electron chi connectivity index (χ0n) is 13.0. The van der Waals surface area contributed by atoms with Crippen LogP contribution in [0.15, 0.2) is 24.4 Å². The molecule has 1 aromatic carbocycles. The van der Waals surface area contributed by atoms with Gasteiger partial charge in [-0.25, -0.2) is 0 Å². The molecule has 0 spiro atoms. The van der Waals surface area contributed by atoms with Crippen LogP contribution in [0.25, 0.3) is 10.9 Å². The molecule has 4 aliphatic rings. The number of fused-ring (bicyclic) bond motifs is 3. The summed E-state index contributed by atoms with van der Waals surface area (Å²) in [5, 5.41) is 1.71. The summed E-state index contributed by atoms with van der Waals surface area (Å²) in [6.07, 6.45) is 4.54. The maximum atomic E-state index is 13.3. The number of amides is 1. The largest absolute Gasteiger partial charge is 0.345 e. The Labute approximate surface area is 140 Å². The van der Waals surface area contributed by atoms with E-state index in [0.717, 1.165) is 36.1 Å². The number of carbonyl (C=O) groups excluding carboxylic acids is 1. The average Bonchev–Trinajstić information content (AvgIpc) is 2.91. The van der Waals surface area contributed by atoms with Crippen molar-refractivity contribution in [1.29, 1.82) is 0 Å².